The van der Waals surface area contributed by atoms with Crippen molar-refractivity contribution >= 4 is 5.97 Å². The van der Waals surface area contributed by atoms with E-state index in [0.29, 0.717) is 5.92 Å². The smallest absolute Gasteiger partial charge is 0.326 e. The Morgan fingerprint density at radius 1 is 1.35 bits per heavy atom. The zero-order valence-electron chi connectivity index (χ0n) is 12.8. The summed E-state index contributed by atoms with van der Waals surface area (Å²) in [5.74, 6) is -0.109. The van der Waals surface area contributed by atoms with E-state index >= 15 is 0 Å². The molecule has 3 aliphatic carbocycles. The molecule has 0 radical (unpaired) electrons. The SMILES string of the molecule is CC1(C)C2CCC1(C)C(OCC(N)(C(=O)O)C1CC1)C2. The van der Waals surface area contributed by atoms with E-state index in [0.717, 1.165) is 19.3 Å². The van der Waals surface area contributed by atoms with Gasteiger partial charge in [-0.25, -0.2) is 0 Å². The van der Waals surface area contributed by atoms with Gasteiger partial charge in [0.25, 0.3) is 0 Å². The van der Waals surface area contributed by atoms with Gasteiger partial charge in [0.05, 0.1) is 12.7 Å². The van der Waals surface area contributed by atoms with Crippen molar-refractivity contribution in [1.29, 1.82) is 0 Å². The summed E-state index contributed by atoms with van der Waals surface area (Å²) in [6.07, 6.45) is 5.52. The van der Waals surface area contributed by atoms with Crippen molar-refractivity contribution in [3.8, 4) is 0 Å². The highest BCUT2D eigenvalue weighted by Gasteiger charge is 2.62. The second-order valence-electron chi connectivity index (χ2n) is 8.03. The summed E-state index contributed by atoms with van der Waals surface area (Å²) in [6.45, 7) is 7.14. The largest absolute Gasteiger partial charge is 0.480 e. The second-order valence-corrected chi connectivity index (χ2v) is 8.03. The van der Waals surface area contributed by atoms with Crippen LogP contribution in [0.15, 0.2) is 0 Å². The summed E-state index contributed by atoms with van der Waals surface area (Å²) < 4.78 is 6.10. The first-order valence-electron chi connectivity index (χ1n) is 7.86. The third-order valence-electron chi connectivity index (χ3n) is 6.94. The Balaban J connectivity index is 1.69. The molecular weight excluding hydrogens is 254 g/mol. The highest BCUT2D eigenvalue weighted by molar-refractivity contribution is 5.79. The predicted octanol–water partition coefficient (Wildman–Crippen LogP) is 2.41. The van der Waals surface area contributed by atoms with Crippen LogP contribution in [-0.4, -0.2) is 29.3 Å². The van der Waals surface area contributed by atoms with Crippen molar-refractivity contribution in [2.45, 2.75) is 64.5 Å². The van der Waals surface area contributed by atoms with Gasteiger partial charge < -0.3 is 15.6 Å². The van der Waals surface area contributed by atoms with Crippen molar-refractivity contribution < 1.29 is 14.6 Å². The molecule has 3 fully saturated rings. The number of nitrogens with two attached hydrogens (primary N) is 1. The van der Waals surface area contributed by atoms with E-state index in [2.05, 4.69) is 20.8 Å². The van der Waals surface area contributed by atoms with Crippen LogP contribution in [-0.2, 0) is 9.53 Å². The van der Waals surface area contributed by atoms with Crippen LogP contribution in [0.5, 0.6) is 0 Å². The highest BCUT2D eigenvalue weighted by atomic mass is 16.5. The molecule has 0 aromatic carbocycles. The zero-order valence-corrected chi connectivity index (χ0v) is 12.8. The molecule has 3 aliphatic rings. The third-order valence-corrected chi connectivity index (χ3v) is 6.94. The maximum Gasteiger partial charge on any atom is 0.326 e. The maximum atomic E-state index is 11.5. The summed E-state index contributed by atoms with van der Waals surface area (Å²) in [5, 5.41) is 9.41. The van der Waals surface area contributed by atoms with Gasteiger partial charge in [-0.05, 0) is 54.8 Å². The minimum atomic E-state index is -1.18. The van der Waals surface area contributed by atoms with Crippen molar-refractivity contribution in [2.75, 3.05) is 6.61 Å². The summed E-state index contributed by atoms with van der Waals surface area (Å²) in [6, 6.07) is 0. The minimum absolute atomic E-state index is 0.0967. The molecule has 4 heteroatoms. The molecule has 0 aromatic rings. The molecule has 0 saturated heterocycles. The lowest BCUT2D eigenvalue weighted by atomic mass is 9.70. The number of fused-ring (bicyclic) bond motifs is 2. The Morgan fingerprint density at radius 2 is 2.00 bits per heavy atom. The Labute approximate surface area is 121 Å². The van der Waals surface area contributed by atoms with E-state index in [9.17, 15) is 9.90 Å². The molecule has 0 spiro atoms. The molecule has 3 N–H and O–H groups in total. The lowest BCUT2D eigenvalue weighted by Gasteiger charge is -2.40. The number of rotatable bonds is 5. The molecule has 0 aromatic heterocycles. The lowest BCUT2D eigenvalue weighted by Crippen LogP contribution is -2.55. The van der Waals surface area contributed by atoms with E-state index in [1.54, 1.807) is 0 Å². The van der Waals surface area contributed by atoms with Crippen LogP contribution in [0.4, 0.5) is 0 Å². The van der Waals surface area contributed by atoms with E-state index in [1.807, 2.05) is 0 Å². The van der Waals surface area contributed by atoms with E-state index < -0.39 is 11.5 Å². The third kappa shape index (κ3) is 1.77. The van der Waals surface area contributed by atoms with E-state index in [1.165, 1.54) is 12.8 Å². The molecule has 3 rings (SSSR count). The number of carboxylic acids is 1. The summed E-state index contributed by atoms with van der Waals surface area (Å²) >= 11 is 0. The first-order chi connectivity index (χ1) is 9.22. The van der Waals surface area contributed by atoms with Gasteiger partial charge in [0.1, 0.15) is 5.54 Å². The fourth-order valence-electron chi connectivity index (χ4n) is 4.57. The first-order valence-corrected chi connectivity index (χ1v) is 7.86. The minimum Gasteiger partial charge on any atom is -0.480 e. The molecule has 0 heterocycles. The fraction of sp³-hybridized carbons (Fsp3) is 0.938. The average molecular weight is 281 g/mol. The predicted molar refractivity (Wildman–Crippen MR) is 76.2 cm³/mol. The number of hydrogen-bond acceptors (Lipinski definition) is 3. The average Bonchev–Trinajstić information content (AvgIpc) is 3.16. The van der Waals surface area contributed by atoms with Crippen molar-refractivity contribution in [3.05, 3.63) is 0 Å². The van der Waals surface area contributed by atoms with Gasteiger partial charge in [0.15, 0.2) is 0 Å². The molecular formula is C16H27NO3. The molecule has 20 heavy (non-hydrogen) atoms. The number of carbonyl (C=O) groups is 1. The Hall–Kier alpha value is -0.610. The van der Waals surface area contributed by atoms with Crippen LogP contribution in [0, 0.1) is 22.7 Å². The maximum absolute atomic E-state index is 11.5. The van der Waals surface area contributed by atoms with Gasteiger partial charge in [0.2, 0.25) is 0 Å². The Bertz CT molecular complexity index is 431. The molecule has 114 valence electrons. The standard InChI is InChI=1S/C16H27NO3/c1-14(2)11-6-7-15(14,3)12(8-11)20-9-16(17,13(18)19)10-4-5-10/h10-12H,4-9,17H2,1-3H3,(H,18,19). The normalized spacial score (nSPS) is 41.6. The summed E-state index contributed by atoms with van der Waals surface area (Å²) in [7, 11) is 0. The number of carboxylic acid groups (broad SMARTS) is 1. The van der Waals surface area contributed by atoms with Gasteiger partial charge in [-0.2, -0.15) is 0 Å². The van der Waals surface area contributed by atoms with Gasteiger partial charge in [-0.3, -0.25) is 4.79 Å². The number of hydrogen-bond donors (Lipinski definition) is 2. The van der Waals surface area contributed by atoms with Crippen LogP contribution >= 0.6 is 0 Å². The number of ether oxygens (including phenoxy) is 1. The molecule has 4 unspecified atom stereocenters. The molecule has 4 atom stereocenters. The van der Waals surface area contributed by atoms with Crippen LogP contribution < -0.4 is 5.73 Å². The van der Waals surface area contributed by atoms with Crippen LogP contribution in [0.1, 0.15) is 52.9 Å². The van der Waals surface area contributed by atoms with Gasteiger partial charge in [-0.15, -0.1) is 0 Å². The lowest BCUT2D eigenvalue weighted by molar-refractivity contribution is -0.150. The van der Waals surface area contributed by atoms with Crippen molar-refractivity contribution in [3.63, 3.8) is 0 Å². The molecule has 4 nitrogen and oxygen atoms in total. The molecule has 3 saturated carbocycles. The van der Waals surface area contributed by atoms with Crippen LogP contribution in [0.2, 0.25) is 0 Å². The summed E-state index contributed by atoms with van der Waals surface area (Å²) in [4.78, 5) is 11.5. The van der Waals surface area contributed by atoms with Gasteiger partial charge in [-0.1, -0.05) is 20.8 Å². The van der Waals surface area contributed by atoms with Gasteiger partial charge in [0, 0.05) is 0 Å². The summed E-state index contributed by atoms with van der Waals surface area (Å²) in [5.41, 5.74) is 5.39. The van der Waals surface area contributed by atoms with E-state index in [-0.39, 0.29) is 29.5 Å². The van der Waals surface area contributed by atoms with Gasteiger partial charge >= 0.3 is 5.97 Å². The Morgan fingerprint density at radius 3 is 2.40 bits per heavy atom. The zero-order chi connectivity index (χ0) is 14.8. The monoisotopic (exact) mass is 281 g/mol. The molecule has 0 aliphatic heterocycles. The molecule has 0 amide bonds. The first kappa shape index (κ1) is 14.3. The van der Waals surface area contributed by atoms with Crippen molar-refractivity contribution in [1.82, 2.24) is 0 Å². The Kier molecular flexibility index (Phi) is 3.01. The van der Waals surface area contributed by atoms with Crippen LogP contribution in [0.3, 0.4) is 0 Å². The van der Waals surface area contributed by atoms with Crippen LogP contribution in [0.25, 0.3) is 0 Å². The molecule has 2 bridgehead atoms. The quantitative estimate of drug-likeness (QED) is 0.811. The number of aliphatic carboxylic acids is 1. The van der Waals surface area contributed by atoms with E-state index in [4.69, 9.17) is 10.5 Å². The second kappa shape index (κ2) is 4.20. The topological polar surface area (TPSA) is 72.5 Å². The van der Waals surface area contributed by atoms with Crippen molar-refractivity contribution in [2.24, 2.45) is 28.4 Å². The fourth-order valence-corrected chi connectivity index (χ4v) is 4.57. The highest BCUT2D eigenvalue weighted by Crippen LogP contribution is 2.66.